The molecule has 1 amide bonds. The van der Waals surface area contributed by atoms with E-state index in [1.807, 2.05) is 46.9 Å². The molecule has 0 spiro atoms. The van der Waals surface area contributed by atoms with Crippen LogP contribution in [0.5, 0.6) is 5.75 Å². The van der Waals surface area contributed by atoms with Crippen LogP contribution in [0.15, 0.2) is 46.9 Å². The second kappa shape index (κ2) is 9.26. The van der Waals surface area contributed by atoms with Crippen molar-refractivity contribution in [3.63, 3.8) is 0 Å². The molecule has 0 aliphatic rings. The van der Waals surface area contributed by atoms with Gasteiger partial charge < -0.3 is 18.8 Å². The molecule has 0 radical (unpaired) electrons. The molecular formula is C18H18INO5. The van der Waals surface area contributed by atoms with Crippen molar-refractivity contribution in [1.82, 2.24) is 4.90 Å². The number of amides is 1. The molecule has 1 aromatic heterocycles. The van der Waals surface area contributed by atoms with Gasteiger partial charge in [-0.25, -0.2) is 4.79 Å². The Morgan fingerprint density at radius 3 is 2.68 bits per heavy atom. The monoisotopic (exact) mass is 455 g/mol. The summed E-state index contributed by atoms with van der Waals surface area (Å²) in [7, 11) is 3.22. The van der Waals surface area contributed by atoms with Crippen LogP contribution < -0.4 is 4.74 Å². The molecule has 0 aliphatic heterocycles. The van der Waals surface area contributed by atoms with Crippen LogP contribution in [0.2, 0.25) is 0 Å². The van der Waals surface area contributed by atoms with E-state index >= 15 is 0 Å². The van der Waals surface area contributed by atoms with Crippen LogP contribution in [0.1, 0.15) is 11.3 Å². The first-order valence-electron chi connectivity index (χ1n) is 7.45. The van der Waals surface area contributed by atoms with Crippen molar-refractivity contribution in [2.24, 2.45) is 0 Å². The van der Waals surface area contributed by atoms with Crippen molar-refractivity contribution in [2.45, 2.75) is 6.54 Å². The van der Waals surface area contributed by atoms with Crippen molar-refractivity contribution in [3.8, 4) is 5.75 Å². The van der Waals surface area contributed by atoms with Gasteiger partial charge in [-0.1, -0.05) is 18.2 Å². The number of nitrogens with zero attached hydrogens (tertiary/aromatic N) is 1. The first kappa shape index (κ1) is 19.0. The van der Waals surface area contributed by atoms with Crippen LogP contribution in [0, 0.1) is 3.77 Å². The SMILES string of the molecule is COc1ccccc1CN(C)C(=O)COC(=O)/C=C/c1ccc(I)o1. The summed E-state index contributed by atoms with van der Waals surface area (Å²) in [6.07, 6.45) is 2.72. The largest absolute Gasteiger partial charge is 0.496 e. The number of hydrogen-bond acceptors (Lipinski definition) is 5. The first-order valence-corrected chi connectivity index (χ1v) is 8.53. The topological polar surface area (TPSA) is 69.0 Å². The fraction of sp³-hybridized carbons (Fsp3) is 0.222. The van der Waals surface area contributed by atoms with Crippen molar-refractivity contribution in [1.29, 1.82) is 0 Å². The molecule has 7 heteroatoms. The van der Waals surface area contributed by atoms with Crippen molar-refractivity contribution < 1.29 is 23.5 Å². The molecule has 0 bridgehead atoms. The molecule has 25 heavy (non-hydrogen) atoms. The first-order chi connectivity index (χ1) is 12.0. The second-order valence-electron chi connectivity index (χ2n) is 5.14. The van der Waals surface area contributed by atoms with Gasteiger partial charge in [-0.15, -0.1) is 0 Å². The highest BCUT2D eigenvalue weighted by Gasteiger charge is 2.13. The molecule has 6 nitrogen and oxygen atoms in total. The van der Waals surface area contributed by atoms with E-state index in [-0.39, 0.29) is 12.5 Å². The summed E-state index contributed by atoms with van der Waals surface area (Å²) in [5.41, 5.74) is 0.875. The van der Waals surface area contributed by atoms with Crippen molar-refractivity contribution in [3.05, 3.63) is 57.6 Å². The van der Waals surface area contributed by atoms with Gasteiger partial charge >= 0.3 is 5.97 Å². The molecule has 0 atom stereocenters. The standard InChI is InChI=1S/C18H18INO5/c1-20(11-13-5-3-4-6-15(13)23-2)17(21)12-24-18(22)10-8-14-7-9-16(19)25-14/h3-10H,11-12H2,1-2H3/b10-8+. The average molecular weight is 455 g/mol. The van der Waals surface area contributed by atoms with Gasteiger partial charge in [-0.3, -0.25) is 4.79 Å². The summed E-state index contributed by atoms with van der Waals surface area (Å²) in [6, 6.07) is 10.9. The Hall–Kier alpha value is -2.29. The number of rotatable bonds is 7. The van der Waals surface area contributed by atoms with Crippen LogP contribution in [0.25, 0.3) is 6.08 Å². The molecule has 0 saturated carbocycles. The smallest absolute Gasteiger partial charge is 0.331 e. The van der Waals surface area contributed by atoms with Crippen LogP contribution in [-0.4, -0.2) is 37.5 Å². The number of carbonyl (C=O) groups is 2. The summed E-state index contributed by atoms with van der Waals surface area (Å²) in [6.45, 7) is 0.0333. The quantitative estimate of drug-likeness (QED) is 0.365. The predicted molar refractivity (Wildman–Crippen MR) is 101 cm³/mol. The number of ether oxygens (including phenoxy) is 2. The number of carbonyl (C=O) groups excluding carboxylic acids is 2. The maximum atomic E-state index is 12.1. The zero-order chi connectivity index (χ0) is 18.2. The Bertz CT molecular complexity index is 768. The second-order valence-corrected chi connectivity index (χ2v) is 6.21. The third-order valence-electron chi connectivity index (χ3n) is 3.34. The summed E-state index contributed by atoms with van der Waals surface area (Å²) < 4.78 is 16.2. The van der Waals surface area contributed by atoms with Gasteiger partial charge in [0.2, 0.25) is 0 Å². The lowest BCUT2D eigenvalue weighted by Crippen LogP contribution is -2.30. The van der Waals surface area contributed by atoms with Crippen molar-refractivity contribution in [2.75, 3.05) is 20.8 Å². The molecule has 0 unspecified atom stereocenters. The summed E-state index contributed by atoms with van der Waals surface area (Å²) in [5, 5.41) is 0. The molecule has 2 aromatic rings. The highest BCUT2D eigenvalue weighted by atomic mass is 127. The Labute approximate surface area is 159 Å². The highest BCUT2D eigenvalue weighted by Crippen LogP contribution is 2.18. The average Bonchev–Trinajstić information content (AvgIpc) is 3.03. The molecular weight excluding hydrogens is 437 g/mol. The Kier molecular flexibility index (Phi) is 7.05. The Morgan fingerprint density at radius 1 is 1.24 bits per heavy atom. The fourth-order valence-corrected chi connectivity index (χ4v) is 2.47. The minimum absolute atomic E-state index is 0.305. The number of hydrogen-bond donors (Lipinski definition) is 0. The normalized spacial score (nSPS) is 10.7. The van der Waals surface area contributed by atoms with Gasteiger partial charge in [0.05, 0.1) is 7.11 Å². The summed E-state index contributed by atoms with van der Waals surface area (Å²) >= 11 is 2.03. The minimum Gasteiger partial charge on any atom is -0.496 e. The lowest BCUT2D eigenvalue weighted by molar-refractivity contribution is -0.147. The molecule has 0 fully saturated rings. The molecule has 1 aromatic carbocycles. The summed E-state index contributed by atoms with van der Waals surface area (Å²) in [4.78, 5) is 25.2. The number of halogens is 1. The van der Waals surface area contributed by atoms with Crippen molar-refractivity contribution >= 4 is 40.5 Å². The lowest BCUT2D eigenvalue weighted by atomic mass is 10.2. The number of furan rings is 1. The highest BCUT2D eigenvalue weighted by molar-refractivity contribution is 14.1. The van der Waals surface area contributed by atoms with Crippen LogP contribution >= 0.6 is 22.6 Å². The van der Waals surface area contributed by atoms with Gasteiger partial charge in [0.1, 0.15) is 11.5 Å². The summed E-state index contributed by atoms with van der Waals surface area (Å²) in [5.74, 6) is 0.335. The number of benzene rings is 1. The Balaban J connectivity index is 1.82. The van der Waals surface area contributed by atoms with Crippen LogP contribution in [0.3, 0.4) is 0 Å². The van der Waals surface area contributed by atoms with Crippen LogP contribution in [0.4, 0.5) is 0 Å². The van der Waals surface area contributed by atoms with Gasteiger partial charge in [0.15, 0.2) is 10.4 Å². The predicted octanol–water partition coefficient (Wildman–Crippen LogP) is 3.11. The third-order valence-corrected chi connectivity index (χ3v) is 3.92. The van der Waals surface area contributed by atoms with E-state index in [1.54, 1.807) is 26.3 Å². The molecule has 2 rings (SSSR count). The van der Waals surface area contributed by atoms with E-state index in [1.165, 1.54) is 17.1 Å². The number of likely N-dealkylation sites (N-methyl/N-ethyl adjacent to an activating group) is 1. The zero-order valence-electron chi connectivity index (χ0n) is 13.9. The van der Waals surface area contributed by atoms with E-state index in [9.17, 15) is 9.59 Å². The Morgan fingerprint density at radius 2 is 2.00 bits per heavy atom. The van der Waals surface area contributed by atoms with E-state index in [4.69, 9.17) is 13.9 Å². The molecule has 0 saturated heterocycles. The molecule has 0 N–H and O–H groups in total. The van der Waals surface area contributed by atoms with Gasteiger partial charge in [-0.2, -0.15) is 0 Å². The fourth-order valence-electron chi connectivity index (χ4n) is 2.04. The number of esters is 1. The van der Waals surface area contributed by atoms with Gasteiger partial charge in [-0.05, 0) is 46.9 Å². The van der Waals surface area contributed by atoms with Gasteiger partial charge in [0.25, 0.3) is 5.91 Å². The van der Waals surface area contributed by atoms with Gasteiger partial charge in [0, 0.05) is 25.2 Å². The molecule has 1 heterocycles. The lowest BCUT2D eigenvalue weighted by Gasteiger charge is -2.18. The number of methoxy groups -OCH3 is 1. The third kappa shape index (κ3) is 5.93. The molecule has 0 aliphatic carbocycles. The van der Waals surface area contributed by atoms with E-state index < -0.39 is 5.97 Å². The van der Waals surface area contributed by atoms with E-state index in [2.05, 4.69) is 0 Å². The van der Waals surface area contributed by atoms with E-state index in [0.717, 1.165) is 9.33 Å². The maximum absolute atomic E-state index is 12.1. The zero-order valence-corrected chi connectivity index (χ0v) is 16.1. The number of para-hydroxylation sites is 1. The van der Waals surface area contributed by atoms with E-state index in [0.29, 0.717) is 18.1 Å². The molecule has 132 valence electrons. The maximum Gasteiger partial charge on any atom is 0.331 e. The van der Waals surface area contributed by atoms with Crippen LogP contribution in [-0.2, 0) is 20.9 Å². The minimum atomic E-state index is -0.606.